The van der Waals surface area contributed by atoms with Crippen LogP contribution >= 0.6 is 8.70 Å². The van der Waals surface area contributed by atoms with E-state index in [4.69, 9.17) is 0 Å². The minimum atomic E-state index is 0.679. The van der Waals surface area contributed by atoms with Crippen LogP contribution in [0.2, 0.25) is 0 Å². The summed E-state index contributed by atoms with van der Waals surface area (Å²) in [5.41, 5.74) is 3.01. The summed E-state index contributed by atoms with van der Waals surface area (Å²) < 4.78 is 0. The van der Waals surface area contributed by atoms with Crippen molar-refractivity contribution in [2.75, 3.05) is 0 Å². The van der Waals surface area contributed by atoms with E-state index in [2.05, 4.69) is 21.2 Å². The first-order valence-corrected chi connectivity index (χ1v) is 3.69. The van der Waals surface area contributed by atoms with Crippen LogP contribution in [0.25, 0.3) is 0 Å². The van der Waals surface area contributed by atoms with Crippen molar-refractivity contribution in [1.82, 2.24) is 0 Å². The van der Waals surface area contributed by atoms with Gasteiger partial charge in [-0.3, -0.25) is 0 Å². The summed E-state index contributed by atoms with van der Waals surface area (Å²) in [5, 5.41) is 0. The molecule has 1 saturated carbocycles. The Kier molecular flexibility index (Phi) is 2.11. The second kappa shape index (κ2) is 2.67. The van der Waals surface area contributed by atoms with Crippen LogP contribution in [0, 0.1) is 17.5 Å². The van der Waals surface area contributed by atoms with Crippen molar-refractivity contribution in [3.63, 3.8) is 0 Å². The van der Waals surface area contributed by atoms with E-state index in [9.17, 15) is 0 Å². The van der Waals surface area contributed by atoms with Crippen LogP contribution in [0.15, 0.2) is 0 Å². The zero-order valence-electron chi connectivity index (χ0n) is 5.22. The second-order valence-corrected chi connectivity index (χ2v) is 2.90. The molecule has 1 heteroatoms. The third-order valence-electron chi connectivity index (χ3n) is 2.03. The van der Waals surface area contributed by atoms with Gasteiger partial charge in [-0.2, -0.15) is 0 Å². The van der Waals surface area contributed by atoms with Gasteiger partial charge in [0.25, 0.3) is 0 Å². The van der Waals surface area contributed by atoms with Gasteiger partial charge in [0.1, 0.15) is 0 Å². The molecule has 2 atom stereocenters. The molecule has 0 bridgehead atoms. The molecule has 0 radical (unpaired) electrons. The SMILES string of the molecule is CC1CCCC1C#P. The zero-order valence-corrected chi connectivity index (χ0v) is 6.12. The quantitative estimate of drug-likeness (QED) is 0.438. The second-order valence-electron chi connectivity index (χ2n) is 2.64. The molecule has 0 nitrogen and oxygen atoms in total. The van der Waals surface area contributed by atoms with Gasteiger partial charge < -0.3 is 0 Å². The van der Waals surface area contributed by atoms with E-state index in [-0.39, 0.29) is 0 Å². The van der Waals surface area contributed by atoms with Crippen molar-refractivity contribution in [2.24, 2.45) is 11.8 Å². The van der Waals surface area contributed by atoms with Crippen LogP contribution in [-0.2, 0) is 0 Å². The molecule has 0 heterocycles. The predicted molar refractivity (Wildman–Crippen MR) is 37.3 cm³/mol. The summed E-state index contributed by atoms with van der Waals surface area (Å²) in [6, 6.07) is 0. The zero-order chi connectivity index (χ0) is 5.98. The summed E-state index contributed by atoms with van der Waals surface area (Å²) in [7, 11) is 4.03. The standard InChI is InChI=1S/C7H11P/c1-6-3-2-4-7(6)5-8/h6-7H,2-4H2,1H3. The molecule has 1 rings (SSSR count). The molecule has 0 N–H and O–H groups in total. The van der Waals surface area contributed by atoms with E-state index < -0.39 is 0 Å². The fourth-order valence-corrected chi connectivity index (χ4v) is 1.72. The number of hydrogen-bond acceptors (Lipinski definition) is 0. The summed E-state index contributed by atoms with van der Waals surface area (Å²) >= 11 is 0. The molecule has 1 fully saturated rings. The van der Waals surface area contributed by atoms with Crippen LogP contribution in [0.1, 0.15) is 26.2 Å². The van der Waals surface area contributed by atoms with Gasteiger partial charge in [0.2, 0.25) is 0 Å². The topological polar surface area (TPSA) is 0 Å². The van der Waals surface area contributed by atoms with Crippen LogP contribution in [0.4, 0.5) is 0 Å². The fraction of sp³-hybridized carbons (Fsp3) is 0.857. The molecule has 0 amide bonds. The van der Waals surface area contributed by atoms with Gasteiger partial charge >= 0.3 is 52.3 Å². The van der Waals surface area contributed by atoms with Gasteiger partial charge in [-0.25, -0.2) is 0 Å². The molecule has 0 aromatic carbocycles. The summed E-state index contributed by atoms with van der Waals surface area (Å²) in [6.07, 6.45) is 4.06. The molecule has 1 aliphatic rings. The number of hydrogen-bond donors (Lipinski definition) is 0. The van der Waals surface area contributed by atoms with E-state index in [1.165, 1.54) is 19.3 Å². The van der Waals surface area contributed by atoms with E-state index >= 15 is 0 Å². The molecule has 2 unspecified atom stereocenters. The molecule has 0 aliphatic heterocycles. The first-order valence-electron chi connectivity index (χ1n) is 3.24. The van der Waals surface area contributed by atoms with Gasteiger partial charge in [0.05, 0.1) is 0 Å². The summed E-state index contributed by atoms with van der Waals surface area (Å²) in [4.78, 5) is 0. The third-order valence-corrected chi connectivity index (χ3v) is 2.36. The van der Waals surface area contributed by atoms with Crippen LogP contribution in [0.3, 0.4) is 0 Å². The van der Waals surface area contributed by atoms with Crippen molar-refractivity contribution in [3.05, 3.63) is 0 Å². The molecular formula is C7H11P. The summed E-state index contributed by atoms with van der Waals surface area (Å²) in [6.45, 7) is 2.28. The van der Waals surface area contributed by atoms with Crippen molar-refractivity contribution >= 4 is 8.70 Å². The average molecular weight is 126 g/mol. The van der Waals surface area contributed by atoms with Crippen molar-refractivity contribution in [3.8, 4) is 5.63 Å². The molecule has 0 aromatic rings. The first kappa shape index (κ1) is 6.33. The van der Waals surface area contributed by atoms with Gasteiger partial charge in [0.15, 0.2) is 0 Å². The normalized spacial score (nSPS) is 37.0. The molecular weight excluding hydrogens is 115 g/mol. The van der Waals surface area contributed by atoms with E-state index in [1.54, 1.807) is 0 Å². The fourth-order valence-electron chi connectivity index (χ4n) is 1.34. The molecule has 0 saturated heterocycles. The van der Waals surface area contributed by atoms with Crippen molar-refractivity contribution in [1.29, 1.82) is 0 Å². The molecule has 0 aromatic heterocycles. The first-order chi connectivity index (χ1) is 3.84. The Morgan fingerprint density at radius 2 is 2.25 bits per heavy atom. The van der Waals surface area contributed by atoms with Crippen LogP contribution in [-0.4, -0.2) is 0 Å². The molecule has 8 heavy (non-hydrogen) atoms. The van der Waals surface area contributed by atoms with Crippen molar-refractivity contribution < 1.29 is 0 Å². The average Bonchev–Trinajstić information content (AvgIpc) is 2.14. The Bertz CT molecular complexity index is 112. The van der Waals surface area contributed by atoms with Gasteiger partial charge in [0, 0.05) is 0 Å². The van der Waals surface area contributed by atoms with E-state index in [0.717, 1.165) is 5.92 Å². The Balaban J connectivity index is 2.45. The monoisotopic (exact) mass is 126 g/mol. The maximum absolute atomic E-state index is 4.03. The Morgan fingerprint density at radius 3 is 2.50 bits per heavy atom. The van der Waals surface area contributed by atoms with E-state index in [0.29, 0.717) is 5.92 Å². The maximum atomic E-state index is 4.03. The van der Waals surface area contributed by atoms with Gasteiger partial charge in [-0.15, -0.1) is 0 Å². The van der Waals surface area contributed by atoms with Crippen LogP contribution < -0.4 is 0 Å². The molecule has 1 aliphatic carbocycles. The Morgan fingerprint density at radius 1 is 1.50 bits per heavy atom. The molecule has 0 spiro atoms. The Hall–Kier alpha value is 0.210. The van der Waals surface area contributed by atoms with Gasteiger partial charge in [-0.1, -0.05) is 0 Å². The van der Waals surface area contributed by atoms with E-state index in [1.807, 2.05) is 0 Å². The van der Waals surface area contributed by atoms with Gasteiger partial charge in [-0.05, 0) is 0 Å². The van der Waals surface area contributed by atoms with Crippen molar-refractivity contribution in [2.45, 2.75) is 26.2 Å². The third kappa shape index (κ3) is 1.13. The number of rotatable bonds is 0. The predicted octanol–water partition coefficient (Wildman–Crippen LogP) is 2.79. The summed E-state index contributed by atoms with van der Waals surface area (Å²) in [5.74, 6) is 1.52. The Labute approximate surface area is 53.2 Å². The minimum absolute atomic E-state index is 0.679. The molecule has 44 valence electrons. The van der Waals surface area contributed by atoms with Crippen LogP contribution in [0.5, 0.6) is 0 Å².